The molecule has 3 N–H and O–H groups in total. The van der Waals surface area contributed by atoms with Crippen LogP contribution < -0.4 is 11.1 Å². The molecule has 2 aromatic heterocycles. The van der Waals surface area contributed by atoms with Crippen molar-refractivity contribution in [2.24, 2.45) is 0 Å². The summed E-state index contributed by atoms with van der Waals surface area (Å²) in [5.41, 5.74) is 6.97. The lowest BCUT2D eigenvalue weighted by Crippen LogP contribution is -2.19. The van der Waals surface area contributed by atoms with E-state index in [1.165, 1.54) is 15.7 Å². The normalized spacial score (nSPS) is 10.5. The van der Waals surface area contributed by atoms with Crippen molar-refractivity contribution < 1.29 is 4.79 Å². The quantitative estimate of drug-likeness (QED) is 0.700. The van der Waals surface area contributed by atoms with Gasteiger partial charge in [-0.3, -0.25) is 9.48 Å². The number of nitrogens with zero attached hydrogens (tertiary/aromatic N) is 6. The SMILES string of the molecule is Nc1ccn(CC(=O)Nc2ccc(-n3cnnn3)cc2)n1. The molecular weight excluding hydrogens is 272 g/mol. The van der Waals surface area contributed by atoms with Crippen LogP contribution in [0.4, 0.5) is 11.5 Å². The van der Waals surface area contributed by atoms with Crippen LogP contribution in [0.2, 0.25) is 0 Å². The summed E-state index contributed by atoms with van der Waals surface area (Å²) in [4.78, 5) is 11.9. The molecule has 0 spiro atoms. The van der Waals surface area contributed by atoms with Gasteiger partial charge >= 0.3 is 0 Å². The molecule has 3 aromatic rings. The molecule has 9 heteroatoms. The van der Waals surface area contributed by atoms with E-state index in [2.05, 4.69) is 25.9 Å². The van der Waals surface area contributed by atoms with Gasteiger partial charge in [-0.05, 0) is 40.8 Å². The van der Waals surface area contributed by atoms with E-state index in [1.54, 1.807) is 36.5 Å². The van der Waals surface area contributed by atoms with Gasteiger partial charge in [0.1, 0.15) is 18.7 Å². The zero-order valence-corrected chi connectivity index (χ0v) is 10.9. The number of carbonyl (C=O) groups is 1. The van der Waals surface area contributed by atoms with Gasteiger partial charge in [0.2, 0.25) is 5.91 Å². The van der Waals surface area contributed by atoms with Crippen molar-refractivity contribution in [1.29, 1.82) is 0 Å². The van der Waals surface area contributed by atoms with Crippen molar-refractivity contribution in [3.05, 3.63) is 42.9 Å². The predicted octanol–water partition coefficient (Wildman–Crippen LogP) is 0.0797. The highest BCUT2D eigenvalue weighted by Gasteiger charge is 2.05. The second kappa shape index (κ2) is 5.41. The number of benzene rings is 1. The molecular formula is C12H12N8O. The van der Waals surface area contributed by atoms with Crippen molar-refractivity contribution in [1.82, 2.24) is 30.0 Å². The Kier molecular flexibility index (Phi) is 3.29. The summed E-state index contributed by atoms with van der Waals surface area (Å²) in [5.74, 6) is 0.196. The second-order valence-corrected chi connectivity index (χ2v) is 4.29. The minimum atomic E-state index is -0.187. The lowest BCUT2D eigenvalue weighted by molar-refractivity contribution is -0.116. The summed E-state index contributed by atoms with van der Waals surface area (Å²) in [6.07, 6.45) is 3.14. The van der Waals surface area contributed by atoms with E-state index in [-0.39, 0.29) is 12.5 Å². The lowest BCUT2D eigenvalue weighted by atomic mass is 10.3. The number of nitrogen functional groups attached to an aromatic ring is 1. The molecule has 9 nitrogen and oxygen atoms in total. The van der Waals surface area contributed by atoms with Gasteiger partial charge in [-0.2, -0.15) is 5.10 Å². The van der Waals surface area contributed by atoms with E-state index < -0.39 is 0 Å². The number of aromatic nitrogens is 6. The molecule has 106 valence electrons. The summed E-state index contributed by atoms with van der Waals surface area (Å²) < 4.78 is 3.00. The smallest absolute Gasteiger partial charge is 0.246 e. The average molecular weight is 284 g/mol. The largest absolute Gasteiger partial charge is 0.382 e. The molecule has 0 bridgehead atoms. The van der Waals surface area contributed by atoms with Crippen molar-refractivity contribution in [3.63, 3.8) is 0 Å². The van der Waals surface area contributed by atoms with Gasteiger partial charge in [0.25, 0.3) is 0 Å². The Bertz CT molecular complexity index is 731. The molecule has 0 atom stereocenters. The summed E-state index contributed by atoms with van der Waals surface area (Å²) in [6, 6.07) is 8.78. The number of carbonyl (C=O) groups excluding carboxylic acids is 1. The Balaban J connectivity index is 1.63. The topological polar surface area (TPSA) is 117 Å². The maximum absolute atomic E-state index is 11.9. The first-order valence-electron chi connectivity index (χ1n) is 6.13. The first-order chi connectivity index (χ1) is 10.2. The standard InChI is InChI=1S/C12H12N8O/c13-11-5-6-19(16-11)7-12(21)15-9-1-3-10(4-2-9)20-8-14-17-18-20/h1-6,8H,7H2,(H2,13,16)(H,15,21). The zero-order valence-electron chi connectivity index (χ0n) is 10.9. The van der Waals surface area contributed by atoms with Crippen molar-refractivity contribution in [2.45, 2.75) is 6.54 Å². The van der Waals surface area contributed by atoms with E-state index in [0.717, 1.165) is 5.69 Å². The van der Waals surface area contributed by atoms with Crippen LogP contribution in [0.1, 0.15) is 0 Å². The number of hydrogen-bond acceptors (Lipinski definition) is 6. The van der Waals surface area contributed by atoms with E-state index in [1.807, 2.05) is 0 Å². The third-order valence-electron chi connectivity index (χ3n) is 2.73. The van der Waals surface area contributed by atoms with Crippen LogP contribution in [0.3, 0.4) is 0 Å². The average Bonchev–Trinajstić information content (AvgIpc) is 3.11. The Hall–Kier alpha value is -3.23. The monoisotopic (exact) mass is 284 g/mol. The van der Waals surface area contributed by atoms with E-state index in [4.69, 9.17) is 5.73 Å². The molecule has 0 unspecified atom stereocenters. The van der Waals surface area contributed by atoms with E-state index in [9.17, 15) is 4.79 Å². The minimum absolute atomic E-state index is 0.103. The Morgan fingerprint density at radius 1 is 1.24 bits per heavy atom. The van der Waals surface area contributed by atoms with Gasteiger partial charge in [-0.1, -0.05) is 0 Å². The lowest BCUT2D eigenvalue weighted by Gasteiger charge is -2.06. The molecule has 0 aliphatic carbocycles. The highest BCUT2D eigenvalue weighted by Crippen LogP contribution is 2.12. The van der Waals surface area contributed by atoms with Crippen LogP contribution in [0.15, 0.2) is 42.9 Å². The molecule has 0 aliphatic rings. The molecule has 0 aliphatic heterocycles. The van der Waals surface area contributed by atoms with Gasteiger partial charge in [-0.15, -0.1) is 5.10 Å². The highest BCUT2D eigenvalue weighted by molar-refractivity contribution is 5.90. The van der Waals surface area contributed by atoms with Gasteiger partial charge in [0.15, 0.2) is 0 Å². The van der Waals surface area contributed by atoms with Gasteiger partial charge in [0, 0.05) is 11.9 Å². The molecule has 0 saturated heterocycles. The minimum Gasteiger partial charge on any atom is -0.382 e. The number of hydrogen-bond donors (Lipinski definition) is 2. The van der Waals surface area contributed by atoms with Crippen LogP contribution in [0.25, 0.3) is 5.69 Å². The Morgan fingerprint density at radius 3 is 2.67 bits per heavy atom. The summed E-state index contributed by atoms with van der Waals surface area (Å²) in [6.45, 7) is 0.103. The summed E-state index contributed by atoms with van der Waals surface area (Å²) >= 11 is 0. The molecule has 1 aromatic carbocycles. The number of rotatable bonds is 4. The van der Waals surface area contributed by atoms with Crippen LogP contribution >= 0.6 is 0 Å². The van der Waals surface area contributed by atoms with Crippen molar-refractivity contribution in [3.8, 4) is 5.69 Å². The third-order valence-corrected chi connectivity index (χ3v) is 2.73. The summed E-state index contributed by atoms with van der Waals surface area (Å²) in [5, 5.41) is 17.6. The highest BCUT2D eigenvalue weighted by atomic mass is 16.2. The number of nitrogens with two attached hydrogens (primary N) is 1. The van der Waals surface area contributed by atoms with E-state index >= 15 is 0 Å². The van der Waals surface area contributed by atoms with Gasteiger partial charge < -0.3 is 11.1 Å². The van der Waals surface area contributed by atoms with Crippen LogP contribution in [0, 0.1) is 0 Å². The number of amides is 1. The molecule has 0 fully saturated rings. The molecule has 21 heavy (non-hydrogen) atoms. The zero-order chi connectivity index (χ0) is 14.7. The second-order valence-electron chi connectivity index (χ2n) is 4.29. The van der Waals surface area contributed by atoms with Gasteiger partial charge in [-0.25, -0.2) is 4.68 Å². The van der Waals surface area contributed by atoms with Crippen LogP contribution in [-0.4, -0.2) is 35.9 Å². The molecule has 3 rings (SSSR count). The fraction of sp³-hybridized carbons (Fsp3) is 0.0833. The maximum atomic E-state index is 11.9. The fourth-order valence-corrected chi connectivity index (χ4v) is 1.79. The number of nitrogens with one attached hydrogen (secondary N) is 1. The maximum Gasteiger partial charge on any atom is 0.246 e. The molecule has 0 radical (unpaired) electrons. The van der Waals surface area contributed by atoms with Crippen LogP contribution in [0.5, 0.6) is 0 Å². The molecule has 0 saturated carbocycles. The molecule has 1 amide bonds. The van der Waals surface area contributed by atoms with E-state index in [0.29, 0.717) is 11.5 Å². The summed E-state index contributed by atoms with van der Waals surface area (Å²) in [7, 11) is 0. The third kappa shape index (κ3) is 3.03. The molecule has 2 heterocycles. The first kappa shape index (κ1) is 12.8. The Labute approximate surface area is 119 Å². The van der Waals surface area contributed by atoms with Crippen molar-refractivity contribution in [2.75, 3.05) is 11.1 Å². The van der Waals surface area contributed by atoms with Gasteiger partial charge in [0.05, 0.1) is 5.69 Å². The predicted molar refractivity (Wildman–Crippen MR) is 74.4 cm³/mol. The van der Waals surface area contributed by atoms with Crippen LogP contribution in [-0.2, 0) is 11.3 Å². The Morgan fingerprint density at radius 2 is 2.05 bits per heavy atom. The first-order valence-corrected chi connectivity index (χ1v) is 6.13. The number of tetrazole rings is 1. The fourth-order valence-electron chi connectivity index (χ4n) is 1.79. The van der Waals surface area contributed by atoms with Crippen molar-refractivity contribution >= 4 is 17.4 Å². The number of anilines is 2.